The number of aromatic nitrogens is 2. The van der Waals surface area contributed by atoms with Crippen LogP contribution in [-0.2, 0) is 14.8 Å². The van der Waals surface area contributed by atoms with Crippen molar-refractivity contribution < 1.29 is 32.7 Å². The third-order valence-electron chi connectivity index (χ3n) is 16.9. The first-order valence-corrected chi connectivity index (χ1v) is 26.9. The number of benzene rings is 3. The molecule has 3 aromatic carbocycles. The van der Waals surface area contributed by atoms with Crippen molar-refractivity contribution in [2.45, 2.75) is 125 Å². The first kappa shape index (κ1) is 45.4. The zero-order valence-electron chi connectivity index (χ0n) is 39.6. The fourth-order valence-corrected chi connectivity index (χ4v) is 13.7. The van der Waals surface area contributed by atoms with Crippen LogP contribution >= 0.6 is 0 Å². The first-order chi connectivity index (χ1) is 33.8. The number of piperidine rings is 1. The van der Waals surface area contributed by atoms with Gasteiger partial charge in [-0.25, -0.2) is 13.1 Å². The zero-order chi connectivity index (χ0) is 47.9. The van der Waals surface area contributed by atoms with Crippen LogP contribution in [0, 0.1) is 21.4 Å². The topological polar surface area (TPSA) is 195 Å². The molecule has 12 rings (SSSR count). The van der Waals surface area contributed by atoms with Crippen molar-refractivity contribution in [3.05, 3.63) is 106 Å². The van der Waals surface area contributed by atoms with Gasteiger partial charge in [0.2, 0.25) is 5.88 Å². The van der Waals surface area contributed by atoms with Gasteiger partial charge in [0.25, 0.3) is 21.6 Å². The molecule has 6 heterocycles. The van der Waals surface area contributed by atoms with Gasteiger partial charge < -0.3 is 34.7 Å². The molecule has 7 aliphatic rings. The summed E-state index contributed by atoms with van der Waals surface area (Å²) in [6.45, 7) is 5.75. The molecule has 4 aliphatic heterocycles. The Balaban J connectivity index is 0.806. The fraction of sp³-hybridized carbons (Fsp3) is 0.509. The van der Waals surface area contributed by atoms with Crippen LogP contribution in [0.25, 0.3) is 11.0 Å². The minimum atomic E-state index is -4.61. The maximum atomic E-state index is 14.6. The predicted molar refractivity (Wildman–Crippen MR) is 267 cm³/mol. The van der Waals surface area contributed by atoms with E-state index in [-0.39, 0.29) is 23.2 Å². The highest BCUT2D eigenvalue weighted by atomic mass is 32.2. The number of nitrogens with one attached hydrogen (secondary N) is 3. The van der Waals surface area contributed by atoms with Gasteiger partial charge >= 0.3 is 0 Å². The number of amides is 1. The average Bonchev–Trinajstić information content (AvgIpc) is 3.63. The number of nitro benzene ring substituents is 1. The molecule has 0 bridgehead atoms. The second kappa shape index (κ2) is 17.5. The Morgan fingerprint density at radius 2 is 1.71 bits per heavy atom. The molecule has 16 nitrogen and oxygen atoms in total. The summed E-state index contributed by atoms with van der Waals surface area (Å²) in [6.07, 6.45) is 13.9. The number of hydrogen-bond acceptors (Lipinski definition) is 13. The molecule has 0 unspecified atom stereocenters. The fourth-order valence-electron chi connectivity index (χ4n) is 12.8. The highest BCUT2D eigenvalue weighted by Gasteiger charge is 2.51. The van der Waals surface area contributed by atoms with E-state index in [0.29, 0.717) is 73.0 Å². The number of rotatable bonds is 12. The van der Waals surface area contributed by atoms with Crippen molar-refractivity contribution in [2.24, 2.45) is 11.3 Å². The molecule has 3 atom stereocenters. The number of H-pyrrole nitrogens is 1. The third-order valence-corrected chi connectivity index (χ3v) is 18.3. The Morgan fingerprint density at radius 1 is 0.929 bits per heavy atom. The molecule has 17 heteroatoms. The quantitative estimate of drug-likeness (QED) is 0.0686. The standard InChI is InChI=1S/C53H62N8O8S/c1-52(63)17-14-33(15-18-52)30-55-42-13-11-38(27-45(42)61(64)65)70(66,67)57-50(62)41-12-10-36(26-44(41)60-46-25-35-16-21-54-49(35)56-51(46)69-48-32-68-31-47(48)60)58-23-19-53(20-24-58)28-37(29-53)59-22-4-7-43(59)40-6-3-2-5-39(40)34-8-9-34/h2-3,5-6,10-13,16,21,25-27,33-34,37,43,47-48,55,63H,4,7-9,14-15,17-20,22-24,28-32H2,1H3,(H,54,56)(H,57,62)/t33?,43-,47-,48+,52?/m0/s1. The molecular weight excluding hydrogens is 909 g/mol. The number of carbonyl (C=O) groups excluding carboxylic acids is 1. The Kier molecular flexibility index (Phi) is 11.4. The lowest BCUT2D eigenvalue weighted by Gasteiger charge is -2.56. The van der Waals surface area contributed by atoms with Crippen LogP contribution in [0.15, 0.2) is 83.9 Å². The van der Waals surface area contributed by atoms with Gasteiger partial charge in [0.05, 0.1) is 45.9 Å². The van der Waals surface area contributed by atoms with E-state index >= 15 is 0 Å². The normalized spacial score (nSPS) is 26.7. The molecule has 0 radical (unpaired) electrons. The van der Waals surface area contributed by atoms with Gasteiger partial charge in [0.1, 0.15) is 23.1 Å². The number of sulfonamides is 1. The third kappa shape index (κ3) is 8.45. The van der Waals surface area contributed by atoms with E-state index in [9.17, 15) is 28.4 Å². The van der Waals surface area contributed by atoms with Gasteiger partial charge in [0, 0.05) is 55.1 Å². The van der Waals surface area contributed by atoms with E-state index in [1.54, 1.807) is 17.2 Å². The van der Waals surface area contributed by atoms with Gasteiger partial charge in [-0.15, -0.1) is 0 Å². The Hall–Kier alpha value is -5.75. The molecule has 70 heavy (non-hydrogen) atoms. The van der Waals surface area contributed by atoms with Crippen LogP contribution < -0.4 is 24.6 Å². The van der Waals surface area contributed by atoms with Gasteiger partial charge in [-0.3, -0.25) is 19.8 Å². The second-order valence-corrected chi connectivity index (χ2v) is 23.3. The van der Waals surface area contributed by atoms with Crippen LogP contribution in [-0.4, -0.2) is 102 Å². The molecular formula is C53H62N8O8S. The maximum Gasteiger partial charge on any atom is 0.293 e. The number of anilines is 4. The molecule has 4 N–H and O–H groups in total. The summed E-state index contributed by atoms with van der Waals surface area (Å²) in [4.78, 5) is 41.2. The van der Waals surface area contributed by atoms with Gasteiger partial charge in [-0.2, -0.15) is 4.98 Å². The summed E-state index contributed by atoms with van der Waals surface area (Å²) < 4.78 is 42.9. The van der Waals surface area contributed by atoms with Crippen LogP contribution in [0.1, 0.15) is 117 Å². The van der Waals surface area contributed by atoms with Gasteiger partial charge in [-0.05, 0) is 161 Å². The van der Waals surface area contributed by atoms with Crippen molar-refractivity contribution in [1.29, 1.82) is 0 Å². The van der Waals surface area contributed by atoms with Crippen molar-refractivity contribution in [2.75, 3.05) is 54.5 Å². The number of likely N-dealkylation sites (tertiary alicyclic amines) is 1. The molecule has 1 spiro atoms. The number of pyridine rings is 1. The van der Waals surface area contributed by atoms with E-state index in [1.807, 2.05) is 42.3 Å². The SMILES string of the molecule is CC1(O)CCC(CNc2ccc(S(=O)(=O)NC(=O)c3ccc(N4CCC5(CC4)CC(N4CCC[C@H]4c4ccccc4C4CC4)C5)cc3N3c4cc5cc[nH]c5nc4O[C@@H]4COC[C@@H]43)cc2[N+](=O)[O-])CC1. The molecule has 368 valence electrons. The first-order valence-electron chi connectivity index (χ1n) is 25.4. The maximum absolute atomic E-state index is 14.6. The van der Waals surface area contributed by atoms with E-state index in [0.717, 1.165) is 61.8 Å². The molecule has 3 aliphatic carbocycles. The summed E-state index contributed by atoms with van der Waals surface area (Å²) in [5.74, 6) is 0.435. The predicted octanol–water partition coefficient (Wildman–Crippen LogP) is 8.70. The second-order valence-electron chi connectivity index (χ2n) is 21.6. The van der Waals surface area contributed by atoms with Crippen LogP contribution in [0.4, 0.5) is 28.4 Å². The van der Waals surface area contributed by atoms with E-state index in [1.165, 1.54) is 57.2 Å². The molecule has 3 saturated carbocycles. The minimum absolute atomic E-state index is 0.109. The Labute approximate surface area is 408 Å². The number of hydrogen-bond donors (Lipinski definition) is 4. The lowest BCUT2D eigenvalue weighted by molar-refractivity contribution is -0.384. The lowest BCUT2D eigenvalue weighted by atomic mass is 9.59. The smallest absolute Gasteiger partial charge is 0.293 e. The van der Waals surface area contributed by atoms with E-state index < -0.39 is 43.1 Å². The monoisotopic (exact) mass is 970 g/mol. The number of fused-ring (bicyclic) bond motifs is 3. The zero-order valence-corrected chi connectivity index (χ0v) is 40.5. The molecule has 5 aromatic rings. The van der Waals surface area contributed by atoms with Crippen LogP contribution in [0.3, 0.4) is 0 Å². The Morgan fingerprint density at radius 3 is 2.49 bits per heavy atom. The molecule has 1 amide bonds. The van der Waals surface area contributed by atoms with Crippen LogP contribution in [0.2, 0.25) is 0 Å². The number of nitrogens with zero attached hydrogens (tertiary/aromatic N) is 5. The highest BCUT2D eigenvalue weighted by Crippen LogP contribution is 2.55. The lowest BCUT2D eigenvalue weighted by Crippen LogP contribution is -2.55. The highest BCUT2D eigenvalue weighted by molar-refractivity contribution is 7.90. The summed E-state index contributed by atoms with van der Waals surface area (Å²) in [5, 5.41) is 26.7. The van der Waals surface area contributed by atoms with E-state index in [4.69, 9.17) is 14.5 Å². The van der Waals surface area contributed by atoms with Crippen molar-refractivity contribution in [1.82, 2.24) is 19.6 Å². The Bertz CT molecular complexity index is 2950. The summed E-state index contributed by atoms with van der Waals surface area (Å²) >= 11 is 0. The summed E-state index contributed by atoms with van der Waals surface area (Å²) in [7, 11) is -4.61. The summed E-state index contributed by atoms with van der Waals surface area (Å²) in [6, 6.07) is 23.0. The number of carbonyl (C=O) groups is 1. The number of aliphatic hydroxyl groups is 1. The van der Waals surface area contributed by atoms with Crippen LogP contribution in [0.5, 0.6) is 5.88 Å². The van der Waals surface area contributed by atoms with Gasteiger partial charge in [0.15, 0.2) is 0 Å². The van der Waals surface area contributed by atoms with Crippen molar-refractivity contribution >= 4 is 55.4 Å². The van der Waals surface area contributed by atoms with Crippen molar-refractivity contribution in [3.63, 3.8) is 0 Å². The largest absolute Gasteiger partial charge is 0.468 e. The minimum Gasteiger partial charge on any atom is -0.468 e. The molecule has 2 aromatic heterocycles. The molecule has 3 saturated heterocycles. The average molecular weight is 971 g/mol. The number of nitro groups is 1. The van der Waals surface area contributed by atoms with Crippen molar-refractivity contribution in [3.8, 4) is 5.88 Å². The van der Waals surface area contributed by atoms with Gasteiger partial charge in [-0.1, -0.05) is 24.3 Å². The molecule has 6 fully saturated rings. The number of ether oxygens (including phenoxy) is 2. The number of aromatic amines is 1. The van der Waals surface area contributed by atoms with E-state index in [2.05, 4.69) is 49.1 Å². The summed E-state index contributed by atoms with van der Waals surface area (Å²) in [5.41, 5.74) is 5.28.